The van der Waals surface area contributed by atoms with Crippen LogP contribution in [0.5, 0.6) is 0 Å². The third-order valence-corrected chi connectivity index (χ3v) is 8.54. The molecule has 6 aromatic rings. The summed E-state index contributed by atoms with van der Waals surface area (Å²) >= 11 is 3.83. The Balaban J connectivity index is 1.54. The fourth-order valence-corrected chi connectivity index (χ4v) is 6.66. The van der Waals surface area contributed by atoms with Crippen LogP contribution in [0.25, 0.3) is 11.1 Å². The smallest absolute Gasteiger partial charge is 0.0742 e. The van der Waals surface area contributed by atoms with Crippen molar-refractivity contribution in [1.29, 1.82) is 0 Å². The lowest BCUT2D eigenvalue weighted by atomic mass is 9.62. The van der Waals surface area contributed by atoms with Crippen LogP contribution in [-0.2, 0) is 5.41 Å². The van der Waals surface area contributed by atoms with Gasteiger partial charge in [-0.05, 0) is 76.7 Å². The highest BCUT2D eigenvalue weighted by Gasteiger charge is 2.46. The van der Waals surface area contributed by atoms with Crippen molar-refractivity contribution in [3.05, 3.63) is 184 Å². The van der Waals surface area contributed by atoms with Gasteiger partial charge in [0.1, 0.15) is 0 Å². The molecule has 2 heteroatoms. The molecule has 1 nitrogen and oxygen atoms in total. The molecule has 0 atom stereocenters. The van der Waals surface area contributed by atoms with Gasteiger partial charge in [0, 0.05) is 10.2 Å². The number of nitrogens with zero attached hydrogens (tertiary/aromatic N) is 1. The molecule has 192 valence electrons. The summed E-state index contributed by atoms with van der Waals surface area (Å²) in [4.78, 5) is 2.43. The number of halogens is 1. The Morgan fingerprint density at radius 1 is 0.500 bits per heavy atom. The summed E-state index contributed by atoms with van der Waals surface area (Å²) < 4.78 is 1.07. The molecule has 0 amide bonds. The molecule has 0 saturated heterocycles. The van der Waals surface area contributed by atoms with E-state index in [1.807, 2.05) is 0 Å². The number of rotatable bonds is 4. The fraction of sp³-hybridized carbons (Fsp3) is 0.0526. The monoisotopic (exact) mass is 577 g/mol. The van der Waals surface area contributed by atoms with Crippen molar-refractivity contribution >= 4 is 33.0 Å². The molecular weight excluding hydrogens is 550 g/mol. The van der Waals surface area contributed by atoms with Crippen LogP contribution in [0.3, 0.4) is 0 Å². The van der Waals surface area contributed by atoms with E-state index in [4.69, 9.17) is 0 Å². The summed E-state index contributed by atoms with van der Waals surface area (Å²) in [5, 5.41) is 0. The molecule has 40 heavy (non-hydrogen) atoms. The molecule has 6 aromatic carbocycles. The summed E-state index contributed by atoms with van der Waals surface area (Å²) in [5.41, 5.74) is 11.8. The first-order valence-corrected chi connectivity index (χ1v) is 14.4. The minimum atomic E-state index is -0.483. The maximum Gasteiger partial charge on any atom is 0.0742 e. The Morgan fingerprint density at radius 3 is 1.60 bits per heavy atom. The second-order valence-electron chi connectivity index (χ2n) is 10.4. The van der Waals surface area contributed by atoms with Crippen molar-refractivity contribution in [1.82, 2.24) is 0 Å². The highest BCUT2D eigenvalue weighted by molar-refractivity contribution is 9.10. The van der Waals surface area contributed by atoms with Crippen LogP contribution in [0.2, 0.25) is 0 Å². The van der Waals surface area contributed by atoms with Gasteiger partial charge in [0.25, 0.3) is 0 Å². The lowest BCUT2D eigenvalue weighted by molar-refractivity contribution is 0.729. The number of benzene rings is 6. The Bertz CT molecular complexity index is 1700. The molecule has 0 fully saturated rings. The lowest BCUT2D eigenvalue weighted by Crippen LogP contribution is -2.37. The van der Waals surface area contributed by atoms with Gasteiger partial charge in [-0.3, -0.25) is 0 Å². The minimum absolute atomic E-state index is 0.483. The zero-order chi connectivity index (χ0) is 27.1. The second-order valence-corrected chi connectivity index (χ2v) is 11.3. The highest BCUT2D eigenvalue weighted by atomic mass is 79.9. The molecule has 0 spiro atoms. The first-order chi connectivity index (χ1) is 19.7. The number of hydrogen-bond acceptors (Lipinski definition) is 1. The largest absolute Gasteiger partial charge is 0.310 e. The van der Waals surface area contributed by atoms with Gasteiger partial charge in [-0.2, -0.15) is 0 Å². The van der Waals surface area contributed by atoms with E-state index < -0.39 is 5.41 Å². The van der Waals surface area contributed by atoms with Crippen molar-refractivity contribution in [2.45, 2.75) is 12.3 Å². The second kappa shape index (κ2) is 9.97. The highest BCUT2D eigenvalue weighted by Crippen LogP contribution is 2.58. The summed E-state index contributed by atoms with van der Waals surface area (Å²) in [5.74, 6) is 0. The van der Waals surface area contributed by atoms with Crippen LogP contribution in [0.15, 0.2) is 156 Å². The third kappa shape index (κ3) is 3.91. The minimum Gasteiger partial charge on any atom is -0.310 e. The third-order valence-electron chi connectivity index (χ3n) is 8.05. The summed E-state index contributed by atoms with van der Waals surface area (Å²) in [7, 11) is 0. The Kier molecular flexibility index (Phi) is 6.14. The van der Waals surface area contributed by atoms with E-state index in [9.17, 15) is 0 Å². The summed E-state index contributed by atoms with van der Waals surface area (Å²) in [6, 6.07) is 55.1. The molecule has 0 unspecified atom stereocenters. The SMILES string of the molecule is Cc1ccc2c(c1)C(c1ccccc1)(c1ccccc1)c1cc(Br)ccc1N2c1ccc(-c2ccccc2)cc1. The van der Waals surface area contributed by atoms with Gasteiger partial charge >= 0.3 is 0 Å². The van der Waals surface area contributed by atoms with E-state index in [-0.39, 0.29) is 0 Å². The fourth-order valence-electron chi connectivity index (χ4n) is 6.30. The van der Waals surface area contributed by atoms with E-state index in [2.05, 4.69) is 179 Å². The van der Waals surface area contributed by atoms with Gasteiger partial charge in [0.15, 0.2) is 0 Å². The van der Waals surface area contributed by atoms with Crippen LogP contribution in [-0.4, -0.2) is 0 Å². The number of anilines is 3. The van der Waals surface area contributed by atoms with Crippen LogP contribution in [0, 0.1) is 6.92 Å². The standard InChI is InChI=1S/C38H28BrN/c1-27-17-23-36-34(25-27)38(30-13-7-3-8-14-30,31-15-9-4-10-16-31)35-26-32(39)20-24-37(35)40(36)33-21-18-29(19-22-33)28-11-5-2-6-12-28/h2-26H,1H3. The molecule has 1 aliphatic heterocycles. The van der Waals surface area contributed by atoms with Crippen molar-refractivity contribution in [3.63, 3.8) is 0 Å². The van der Waals surface area contributed by atoms with Crippen LogP contribution in [0.1, 0.15) is 27.8 Å². The zero-order valence-electron chi connectivity index (χ0n) is 22.3. The molecule has 7 rings (SSSR count). The van der Waals surface area contributed by atoms with E-state index in [1.165, 1.54) is 50.3 Å². The number of aryl methyl sites for hydroxylation is 1. The topological polar surface area (TPSA) is 3.24 Å². The zero-order valence-corrected chi connectivity index (χ0v) is 23.8. The van der Waals surface area contributed by atoms with Gasteiger partial charge in [-0.1, -0.05) is 137 Å². The van der Waals surface area contributed by atoms with Crippen molar-refractivity contribution in [2.75, 3.05) is 4.90 Å². The van der Waals surface area contributed by atoms with E-state index >= 15 is 0 Å². The predicted octanol–water partition coefficient (Wildman–Crippen LogP) is 10.6. The van der Waals surface area contributed by atoms with Gasteiger partial charge in [-0.25, -0.2) is 0 Å². The maximum absolute atomic E-state index is 3.83. The molecule has 1 aliphatic rings. The van der Waals surface area contributed by atoms with Crippen LogP contribution < -0.4 is 4.90 Å². The van der Waals surface area contributed by atoms with Gasteiger partial charge in [0.05, 0.1) is 16.8 Å². The summed E-state index contributed by atoms with van der Waals surface area (Å²) in [6.45, 7) is 2.19. The van der Waals surface area contributed by atoms with Crippen LogP contribution in [0.4, 0.5) is 17.1 Å². The maximum atomic E-state index is 3.83. The first-order valence-electron chi connectivity index (χ1n) is 13.6. The number of hydrogen-bond donors (Lipinski definition) is 0. The van der Waals surface area contributed by atoms with E-state index in [1.54, 1.807) is 0 Å². The molecular formula is C38H28BrN. The summed E-state index contributed by atoms with van der Waals surface area (Å²) in [6.07, 6.45) is 0. The Morgan fingerprint density at radius 2 is 1.00 bits per heavy atom. The molecule has 0 aliphatic carbocycles. The van der Waals surface area contributed by atoms with Gasteiger partial charge in [-0.15, -0.1) is 0 Å². The van der Waals surface area contributed by atoms with Crippen molar-refractivity contribution < 1.29 is 0 Å². The molecule has 1 heterocycles. The van der Waals surface area contributed by atoms with Gasteiger partial charge < -0.3 is 4.90 Å². The quantitative estimate of drug-likeness (QED) is 0.201. The van der Waals surface area contributed by atoms with E-state index in [0.29, 0.717) is 0 Å². The van der Waals surface area contributed by atoms with E-state index in [0.717, 1.165) is 10.2 Å². The van der Waals surface area contributed by atoms with Crippen molar-refractivity contribution in [3.8, 4) is 11.1 Å². The molecule has 0 radical (unpaired) electrons. The normalized spacial score (nSPS) is 13.4. The first kappa shape index (κ1) is 24.6. The Labute approximate surface area is 244 Å². The van der Waals surface area contributed by atoms with Gasteiger partial charge in [0.2, 0.25) is 0 Å². The van der Waals surface area contributed by atoms with Crippen LogP contribution >= 0.6 is 15.9 Å². The Hall–Kier alpha value is -4.40. The number of fused-ring (bicyclic) bond motifs is 2. The lowest BCUT2D eigenvalue weighted by Gasteiger charge is -2.46. The average Bonchev–Trinajstić information content (AvgIpc) is 3.01. The molecule has 0 aromatic heterocycles. The van der Waals surface area contributed by atoms with Crippen molar-refractivity contribution in [2.24, 2.45) is 0 Å². The molecule has 0 saturated carbocycles. The average molecular weight is 579 g/mol. The molecule has 0 bridgehead atoms. The predicted molar refractivity (Wildman–Crippen MR) is 171 cm³/mol. The molecule has 0 N–H and O–H groups in total.